The van der Waals surface area contributed by atoms with Crippen LogP contribution < -0.4 is 5.32 Å². The van der Waals surface area contributed by atoms with Gasteiger partial charge in [0.1, 0.15) is 12.2 Å². The summed E-state index contributed by atoms with van der Waals surface area (Å²) < 4.78 is 1.85. The summed E-state index contributed by atoms with van der Waals surface area (Å²) in [4.78, 5) is 4.15. The van der Waals surface area contributed by atoms with Crippen molar-refractivity contribution in [1.29, 1.82) is 0 Å². The fourth-order valence-corrected chi connectivity index (χ4v) is 1.04. The first kappa shape index (κ1) is 10.7. The maximum Gasteiger partial charge on any atom is 0.140 e. The third-order valence-electron chi connectivity index (χ3n) is 2.04. The van der Waals surface area contributed by atoms with Crippen LogP contribution in [0, 0.1) is 12.3 Å². The third kappa shape index (κ3) is 2.57. The maximum absolute atomic E-state index is 5.36. The lowest BCUT2D eigenvalue weighted by molar-refractivity contribution is 0.465. The van der Waals surface area contributed by atoms with Crippen LogP contribution >= 0.6 is 0 Å². The molecule has 14 heavy (non-hydrogen) atoms. The minimum atomic E-state index is -0.301. The number of aromatic nitrogens is 3. The minimum Gasteiger partial charge on any atom is -0.294 e. The molecule has 1 N–H and O–H groups in total. The molecule has 0 saturated heterocycles. The second kappa shape index (κ2) is 4.25. The lowest BCUT2D eigenvalue weighted by atomic mass is 10.1. The van der Waals surface area contributed by atoms with Crippen molar-refractivity contribution < 1.29 is 0 Å². The van der Waals surface area contributed by atoms with Crippen LogP contribution in [0.2, 0.25) is 0 Å². The fourth-order valence-electron chi connectivity index (χ4n) is 1.04. The van der Waals surface area contributed by atoms with Gasteiger partial charge >= 0.3 is 0 Å². The molecule has 4 heteroatoms. The number of terminal acetylenes is 1. The molecule has 0 unspecified atom stereocenters. The van der Waals surface area contributed by atoms with Gasteiger partial charge in [0.05, 0.1) is 12.1 Å². The molecule has 1 rings (SSSR count). The van der Waals surface area contributed by atoms with E-state index >= 15 is 0 Å². The molecule has 1 heterocycles. The van der Waals surface area contributed by atoms with Crippen LogP contribution in [-0.2, 0) is 13.1 Å². The van der Waals surface area contributed by atoms with E-state index in [-0.39, 0.29) is 5.54 Å². The Labute approximate surface area is 84.7 Å². The van der Waals surface area contributed by atoms with E-state index in [4.69, 9.17) is 6.42 Å². The van der Waals surface area contributed by atoms with Crippen molar-refractivity contribution >= 4 is 0 Å². The van der Waals surface area contributed by atoms with E-state index in [2.05, 4.69) is 21.3 Å². The number of aryl methyl sites for hydroxylation is 1. The summed E-state index contributed by atoms with van der Waals surface area (Å²) in [5.74, 6) is 3.59. The standard InChI is InChI=1S/C10H16N4/c1-5-10(3,4)12-7-9-11-8-13-14(9)6-2/h1,8,12H,6-7H2,2-4H3. The minimum absolute atomic E-state index is 0.301. The molecule has 0 aliphatic heterocycles. The van der Waals surface area contributed by atoms with Gasteiger partial charge in [-0.05, 0) is 20.8 Å². The van der Waals surface area contributed by atoms with E-state index in [1.807, 2.05) is 25.5 Å². The van der Waals surface area contributed by atoms with Crippen molar-refractivity contribution in [2.75, 3.05) is 0 Å². The molecule has 0 amide bonds. The summed E-state index contributed by atoms with van der Waals surface area (Å²) in [6, 6.07) is 0. The summed E-state index contributed by atoms with van der Waals surface area (Å²) >= 11 is 0. The molecule has 0 radical (unpaired) electrons. The predicted molar refractivity (Wildman–Crippen MR) is 55.4 cm³/mol. The Morgan fingerprint density at radius 3 is 2.93 bits per heavy atom. The molecule has 76 valence electrons. The van der Waals surface area contributed by atoms with Gasteiger partial charge in [0.15, 0.2) is 0 Å². The lowest BCUT2D eigenvalue weighted by Gasteiger charge is -2.19. The topological polar surface area (TPSA) is 42.7 Å². The first-order valence-corrected chi connectivity index (χ1v) is 4.68. The zero-order valence-corrected chi connectivity index (χ0v) is 8.91. The molecule has 0 atom stereocenters. The van der Waals surface area contributed by atoms with Crippen molar-refractivity contribution in [3.8, 4) is 12.3 Å². The molecule has 0 bridgehead atoms. The van der Waals surface area contributed by atoms with Gasteiger partial charge in [-0.15, -0.1) is 6.42 Å². The van der Waals surface area contributed by atoms with Crippen LogP contribution in [0.3, 0.4) is 0 Å². The second-order valence-electron chi connectivity index (χ2n) is 3.61. The highest BCUT2D eigenvalue weighted by Crippen LogP contribution is 2.01. The van der Waals surface area contributed by atoms with Crippen molar-refractivity contribution in [2.24, 2.45) is 0 Å². The van der Waals surface area contributed by atoms with Gasteiger partial charge in [-0.25, -0.2) is 9.67 Å². The SMILES string of the molecule is C#CC(C)(C)NCc1ncnn1CC. The number of hydrogen-bond acceptors (Lipinski definition) is 3. The number of nitrogens with zero attached hydrogens (tertiary/aromatic N) is 3. The van der Waals surface area contributed by atoms with Crippen LogP contribution in [-0.4, -0.2) is 20.3 Å². The second-order valence-corrected chi connectivity index (χ2v) is 3.61. The summed E-state index contributed by atoms with van der Waals surface area (Å²) in [6.45, 7) is 7.42. The van der Waals surface area contributed by atoms with E-state index in [1.54, 1.807) is 6.33 Å². The molecule has 0 saturated carbocycles. The zero-order valence-electron chi connectivity index (χ0n) is 8.91. The van der Waals surface area contributed by atoms with Crippen molar-refractivity contribution in [3.63, 3.8) is 0 Å². The first-order valence-electron chi connectivity index (χ1n) is 4.68. The molecule has 0 aromatic carbocycles. The molecular weight excluding hydrogens is 176 g/mol. The van der Waals surface area contributed by atoms with E-state index < -0.39 is 0 Å². The van der Waals surface area contributed by atoms with E-state index in [9.17, 15) is 0 Å². The van der Waals surface area contributed by atoms with Gasteiger partial charge in [0, 0.05) is 6.54 Å². The summed E-state index contributed by atoms with van der Waals surface area (Å²) in [6.07, 6.45) is 6.92. The number of rotatable bonds is 4. The summed E-state index contributed by atoms with van der Waals surface area (Å²) in [5, 5.41) is 7.30. The Morgan fingerprint density at radius 2 is 2.36 bits per heavy atom. The van der Waals surface area contributed by atoms with Gasteiger partial charge in [0.25, 0.3) is 0 Å². The van der Waals surface area contributed by atoms with Crippen molar-refractivity contribution in [1.82, 2.24) is 20.1 Å². The number of nitrogens with one attached hydrogen (secondary N) is 1. The smallest absolute Gasteiger partial charge is 0.140 e. The highest BCUT2D eigenvalue weighted by atomic mass is 15.3. The average Bonchev–Trinajstić information content (AvgIpc) is 2.62. The quantitative estimate of drug-likeness (QED) is 0.717. The van der Waals surface area contributed by atoms with Gasteiger partial charge in [0.2, 0.25) is 0 Å². The molecular formula is C10H16N4. The van der Waals surface area contributed by atoms with Gasteiger partial charge in [-0.3, -0.25) is 5.32 Å². The average molecular weight is 192 g/mol. The van der Waals surface area contributed by atoms with Crippen LogP contribution in [0.25, 0.3) is 0 Å². The molecule has 0 spiro atoms. The maximum atomic E-state index is 5.36. The normalized spacial score (nSPS) is 11.3. The van der Waals surface area contributed by atoms with Crippen LogP contribution in [0.15, 0.2) is 6.33 Å². The number of hydrogen-bond donors (Lipinski definition) is 1. The third-order valence-corrected chi connectivity index (χ3v) is 2.04. The summed E-state index contributed by atoms with van der Waals surface area (Å²) in [7, 11) is 0. The Balaban J connectivity index is 2.59. The van der Waals surface area contributed by atoms with Crippen molar-refractivity contribution in [3.05, 3.63) is 12.2 Å². The highest BCUT2D eigenvalue weighted by molar-refractivity contribution is 5.07. The molecule has 1 aromatic rings. The van der Waals surface area contributed by atoms with Crippen LogP contribution in [0.5, 0.6) is 0 Å². The molecule has 0 fully saturated rings. The van der Waals surface area contributed by atoms with Crippen molar-refractivity contribution in [2.45, 2.75) is 39.4 Å². The fraction of sp³-hybridized carbons (Fsp3) is 0.600. The Hall–Kier alpha value is -1.34. The molecule has 1 aromatic heterocycles. The monoisotopic (exact) mass is 192 g/mol. The Kier molecular flexibility index (Phi) is 3.26. The highest BCUT2D eigenvalue weighted by Gasteiger charge is 2.13. The van der Waals surface area contributed by atoms with Gasteiger partial charge < -0.3 is 0 Å². The first-order chi connectivity index (χ1) is 6.59. The Morgan fingerprint density at radius 1 is 1.64 bits per heavy atom. The molecule has 4 nitrogen and oxygen atoms in total. The van der Waals surface area contributed by atoms with E-state index in [1.165, 1.54) is 0 Å². The van der Waals surface area contributed by atoms with Crippen LogP contribution in [0.4, 0.5) is 0 Å². The Bertz CT molecular complexity index is 332. The molecule has 0 aliphatic carbocycles. The largest absolute Gasteiger partial charge is 0.294 e. The summed E-state index contributed by atoms with van der Waals surface area (Å²) in [5.41, 5.74) is -0.301. The van der Waals surface area contributed by atoms with Gasteiger partial charge in [-0.2, -0.15) is 5.10 Å². The van der Waals surface area contributed by atoms with E-state index in [0.29, 0.717) is 6.54 Å². The lowest BCUT2D eigenvalue weighted by Crippen LogP contribution is -2.37. The van der Waals surface area contributed by atoms with E-state index in [0.717, 1.165) is 12.4 Å². The predicted octanol–water partition coefficient (Wildman–Crippen LogP) is 0.799. The van der Waals surface area contributed by atoms with Gasteiger partial charge in [-0.1, -0.05) is 5.92 Å². The molecule has 0 aliphatic rings. The zero-order chi connectivity index (χ0) is 10.6. The van der Waals surface area contributed by atoms with Crippen LogP contribution in [0.1, 0.15) is 26.6 Å².